The fourth-order valence-corrected chi connectivity index (χ4v) is 4.09. The van der Waals surface area contributed by atoms with Crippen LogP contribution in [0.2, 0.25) is 0 Å². The predicted octanol–water partition coefficient (Wildman–Crippen LogP) is 3.52. The fraction of sp³-hybridized carbons (Fsp3) is 0.650. The molecule has 0 bridgehead atoms. The topological polar surface area (TPSA) is 44.4 Å². The molecule has 1 aromatic rings. The zero-order valence-electron chi connectivity index (χ0n) is 15.9. The van der Waals surface area contributed by atoms with Crippen molar-refractivity contribution < 1.29 is 4.79 Å². The second-order valence-electron chi connectivity index (χ2n) is 7.47. The third kappa shape index (κ3) is 6.12. The molecule has 0 aromatic heterocycles. The van der Waals surface area contributed by atoms with E-state index in [4.69, 9.17) is 0 Å². The minimum atomic E-state index is 0. The van der Waals surface area contributed by atoms with Crippen LogP contribution in [0.3, 0.4) is 0 Å². The summed E-state index contributed by atoms with van der Waals surface area (Å²) in [6.07, 6.45) is 6.17. The van der Waals surface area contributed by atoms with Gasteiger partial charge in [0.2, 0.25) is 5.91 Å². The van der Waals surface area contributed by atoms with E-state index in [1.165, 1.54) is 36.8 Å². The van der Waals surface area contributed by atoms with Gasteiger partial charge in [-0.05, 0) is 49.9 Å². The lowest BCUT2D eigenvalue weighted by Crippen LogP contribution is -2.42. The summed E-state index contributed by atoms with van der Waals surface area (Å²) < 4.78 is 0. The number of carbonyl (C=O) groups excluding carboxylic acids is 1. The van der Waals surface area contributed by atoms with Gasteiger partial charge in [-0.1, -0.05) is 44.0 Å². The normalized spacial score (nSPS) is 24.3. The Balaban J connectivity index is 0.00000169. The Hall–Kier alpha value is -0.810. The van der Waals surface area contributed by atoms with Gasteiger partial charge in [0.05, 0.1) is 6.04 Å². The molecule has 1 heterocycles. The molecule has 1 saturated heterocycles. The summed E-state index contributed by atoms with van der Waals surface area (Å²) in [7, 11) is 2.12. The number of fused-ring (bicyclic) bond motifs is 1. The highest BCUT2D eigenvalue weighted by Crippen LogP contribution is 2.33. The number of nitrogens with one attached hydrogen (secondary N) is 2. The van der Waals surface area contributed by atoms with Crippen molar-refractivity contribution in [1.82, 2.24) is 15.5 Å². The van der Waals surface area contributed by atoms with Gasteiger partial charge >= 0.3 is 0 Å². The molecule has 26 heavy (non-hydrogen) atoms. The van der Waals surface area contributed by atoms with Crippen molar-refractivity contribution in [2.24, 2.45) is 5.92 Å². The standard InChI is InChI=1S/C20H31N3O.2ClH/c1-3-23(2)14-16-8-6-7-15(11-16)13-21-20(24)19-12-17-9-4-5-10-18(17)22-19;;/h6-8,11,17-19,22H,3-5,9-10,12-14H2,1-2H3,(H,21,24);2*1H. The van der Waals surface area contributed by atoms with Crippen LogP contribution in [0, 0.1) is 5.92 Å². The van der Waals surface area contributed by atoms with Crippen molar-refractivity contribution in [3.05, 3.63) is 35.4 Å². The Labute approximate surface area is 170 Å². The van der Waals surface area contributed by atoms with E-state index in [1.807, 2.05) is 0 Å². The van der Waals surface area contributed by atoms with Crippen molar-refractivity contribution in [3.8, 4) is 0 Å². The molecule has 3 rings (SSSR count). The van der Waals surface area contributed by atoms with Crippen LogP contribution in [0.5, 0.6) is 0 Å². The summed E-state index contributed by atoms with van der Waals surface area (Å²) in [5.74, 6) is 0.878. The molecule has 1 amide bonds. The van der Waals surface area contributed by atoms with Gasteiger partial charge < -0.3 is 15.5 Å². The van der Waals surface area contributed by atoms with E-state index >= 15 is 0 Å². The maximum atomic E-state index is 12.5. The van der Waals surface area contributed by atoms with Gasteiger partial charge in [-0.25, -0.2) is 0 Å². The zero-order valence-corrected chi connectivity index (χ0v) is 17.5. The van der Waals surface area contributed by atoms with Gasteiger partial charge in [0.25, 0.3) is 0 Å². The number of hydrogen-bond donors (Lipinski definition) is 2. The van der Waals surface area contributed by atoms with Crippen molar-refractivity contribution in [2.45, 2.75) is 64.2 Å². The number of benzene rings is 1. The van der Waals surface area contributed by atoms with Gasteiger partial charge in [-0.3, -0.25) is 4.79 Å². The molecule has 2 N–H and O–H groups in total. The Bertz CT molecular complexity index is 556. The molecule has 4 nitrogen and oxygen atoms in total. The van der Waals surface area contributed by atoms with E-state index in [1.54, 1.807) is 0 Å². The molecule has 1 aromatic carbocycles. The average Bonchev–Trinajstić information content (AvgIpc) is 3.04. The third-order valence-corrected chi connectivity index (χ3v) is 5.63. The first-order valence-electron chi connectivity index (χ1n) is 9.46. The summed E-state index contributed by atoms with van der Waals surface area (Å²) >= 11 is 0. The predicted molar refractivity (Wildman–Crippen MR) is 112 cm³/mol. The van der Waals surface area contributed by atoms with Gasteiger partial charge in [0.1, 0.15) is 0 Å². The number of hydrogen-bond acceptors (Lipinski definition) is 3. The number of rotatable bonds is 6. The van der Waals surface area contributed by atoms with E-state index in [2.05, 4.69) is 53.8 Å². The first-order chi connectivity index (χ1) is 11.7. The summed E-state index contributed by atoms with van der Waals surface area (Å²) in [6, 6.07) is 9.12. The van der Waals surface area contributed by atoms with Gasteiger partial charge in [-0.2, -0.15) is 0 Å². The monoisotopic (exact) mass is 401 g/mol. The van der Waals surface area contributed by atoms with Crippen LogP contribution in [0.15, 0.2) is 24.3 Å². The summed E-state index contributed by atoms with van der Waals surface area (Å²) in [4.78, 5) is 14.8. The Morgan fingerprint density at radius 1 is 1.23 bits per heavy atom. The minimum absolute atomic E-state index is 0. The van der Waals surface area contributed by atoms with Crippen LogP contribution in [-0.4, -0.2) is 36.5 Å². The Morgan fingerprint density at radius 3 is 2.69 bits per heavy atom. The largest absolute Gasteiger partial charge is 0.351 e. The van der Waals surface area contributed by atoms with Crippen LogP contribution in [0.4, 0.5) is 0 Å². The number of amides is 1. The molecule has 1 aliphatic carbocycles. The Kier molecular flexibility index (Phi) is 9.94. The number of nitrogens with zero attached hydrogens (tertiary/aromatic N) is 1. The highest BCUT2D eigenvalue weighted by molar-refractivity contribution is 5.85. The maximum Gasteiger partial charge on any atom is 0.237 e. The minimum Gasteiger partial charge on any atom is -0.351 e. The van der Waals surface area contributed by atoms with Crippen molar-refractivity contribution in [2.75, 3.05) is 13.6 Å². The zero-order chi connectivity index (χ0) is 16.9. The number of carbonyl (C=O) groups is 1. The summed E-state index contributed by atoms with van der Waals surface area (Å²) in [6.45, 7) is 4.77. The molecule has 148 valence electrons. The van der Waals surface area contributed by atoms with Gasteiger partial charge in [-0.15, -0.1) is 24.8 Å². The highest BCUT2D eigenvalue weighted by Gasteiger charge is 2.37. The fourth-order valence-electron chi connectivity index (χ4n) is 4.09. The maximum absolute atomic E-state index is 12.5. The van der Waals surface area contributed by atoms with Crippen LogP contribution < -0.4 is 10.6 Å². The molecule has 1 aliphatic heterocycles. The van der Waals surface area contributed by atoms with Gasteiger partial charge in [0.15, 0.2) is 0 Å². The quantitative estimate of drug-likeness (QED) is 0.765. The Morgan fingerprint density at radius 2 is 1.96 bits per heavy atom. The third-order valence-electron chi connectivity index (χ3n) is 5.63. The molecule has 1 saturated carbocycles. The second kappa shape index (κ2) is 11.1. The van der Waals surface area contributed by atoms with Crippen molar-refractivity contribution in [1.29, 1.82) is 0 Å². The molecule has 2 aliphatic rings. The highest BCUT2D eigenvalue weighted by atomic mass is 35.5. The molecule has 0 spiro atoms. The van der Waals surface area contributed by atoms with E-state index in [9.17, 15) is 4.79 Å². The number of halogens is 2. The molecule has 2 fully saturated rings. The molecular weight excluding hydrogens is 369 g/mol. The van der Waals surface area contributed by atoms with Crippen LogP contribution in [0.1, 0.15) is 50.2 Å². The van der Waals surface area contributed by atoms with Crippen molar-refractivity contribution >= 4 is 30.7 Å². The first-order valence-corrected chi connectivity index (χ1v) is 9.46. The van der Waals surface area contributed by atoms with E-state index in [0.29, 0.717) is 18.5 Å². The molecule has 3 atom stereocenters. The molecule has 3 unspecified atom stereocenters. The molecule has 0 radical (unpaired) electrons. The second-order valence-corrected chi connectivity index (χ2v) is 7.47. The SMILES string of the molecule is CCN(C)Cc1cccc(CNC(=O)C2CC3CCCCC3N2)c1.Cl.Cl. The summed E-state index contributed by atoms with van der Waals surface area (Å²) in [5, 5.41) is 6.69. The van der Waals surface area contributed by atoms with E-state index < -0.39 is 0 Å². The molecular formula is C20H33Cl2N3O. The molecule has 6 heteroatoms. The van der Waals surface area contributed by atoms with Crippen LogP contribution in [-0.2, 0) is 17.9 Å². The van der Waals surface area contributed by atoms with Crippen molar-refractivity contribution in [3.63, 3.8) is 0 Å². The lowest BCUT2D eigenvalue weighted by Gasteiger charge is -2.24. The van der Waals surface area contributed by atoms with E-state index in [-0.39, 0.29) is 36.8 Å². The summed E-state index contributed by atoms with van der Waals surface area (Å²) in [5.41, 5.74) is 2.48. The van der Waals surface area contributed by atoms with Gasteiger partial charge in [0, 0.05) is 19.1 Å². The lowest BCUT2D eigenvalue weighted by molar-refractivity contribution is -0.123. The van der Waals surface area contributed by atoms with Crippen LogP contribution >= 0.6 is 24.8 Å². The smallest absolute Gasteiger partial charge is 0.237 e. The average molecular weight is 402 g/mol. The first kappa shape index (κ1) is 23.2. The lowest BCUT2D eigenvalue weighted by atomic mass is 9.85. The van der Waals surface area contributed by atoms with E-state index in [0.717, 1.165) is 19.5 Å². The van der Waals surface area contributed by atoms with Crippen LogP contribution in [0.25, 0.3) is 0 Å².